The number of nitrogens with zero attached hydrogens (tertiary/aromatic N) is 2. The van der Waals surface area contributed by atoms with Crippen LogP contribution in [-0.4, -0.2) is 9.36 Å². The van der Waals surface area contributed by atoms with Gasteiger partial charge in [0.1, 0.15) is 11.6 Å². The predicted octanol–water partition coefficient (Wildman–Crippen LogP) is 3.95. The molecule has 0 fully saturated rings. The fourth-order valence-corrected chi connectivity index (χ4v) is 1.84. The molecule has 1 heterocycles. The van der Waals surface area contributed by atoms with Crippen LogP contribution in [0.25, 0.3) is 0 Å². The zero-order chi connectivity index (χ0) is 10.8. The summed E-state index contributed by atoms with van der Waals surface area (Å²) in [6.07, 6.45) is 0. The van der Waals surface area contributed by atoms with Gasteiger partial charge < -0.3 is 4.74 Å². The van der Waals surface area contributed by atoms with Crippen LogP contribution in [0, 0.1) is 6.92 Å². The van der Waals surface area contributed by atoms with E-state index in [1.807, 2.05) is 0 Å². The normalized spacial score (nSPS) is 10.3. The summed E-state index contributed by atoms with van der Waals surface area (Å²) >= 11 is 12.9. The van der Waals surface area contributed by atoms with E-state index in [0.29, 0.717) is 26.8 Å². The first kappa shape index (κ1) is 10.7. The van der Waals surface area contributed by atoms with Gasteiger partial charge in [-0.2, -0.15) is 9.36 Å². The van der Waals surface area contributed by atoms with Gasteiger partial charge in [-0.25, -0.2) is 0 Å². The molecule has 3 nitrogen and oxygen atoms in total. The van der Waals surface area contributed by atoms with Crippen LogP contribution in [0.15, 0.2) is 18.2 Å². The summed E-state index contributed by atoms with van der Waals surface area (Å²) in [4.78, 5) is 4.06. The standard InChI is InChI=1S/C9H6Cl2N2OS/c1-5-12-9(15-13-5)14-8-4-6(10)2-3-7(8)11/h2-4H,1H3. The summed E-state index contributed by atoms with van der Waals surface area (Å²) in [5.41, 5.74) is 0. The van der Waals surface area contributed by atoms with E-state index in [9.17, 15) is 0 Å². The largest absolute Gasteiger partial charge is 0.428 e. The number of rotatable bonds is 2. The Kier molecular flexibility index (Phi) is 3.09. The maximum atomic E-state index is 5.93. The Hall–Kier alpha value is -0.840. The van der Waals surface area contributed by atoms with E-state index >= 15 is 0 Å². The van der Waals surface area contributed by atoms with Gasteiger partial charge in [0.05, 0.1) is 5.02 Å². The van der Waals surface area contributed by atoms with Crippen LogP contribution < -0.4 is 4.74 Å². The minimum Gasteiger partial charge on any atom is -0.428 e. The summed E-state index contributed by atoms with van der Waals surface area (Å²) in [6.45, 7) is 1.79. The summed E-state index contributed by atoms with van der Waals surface area (Å²) < 4.78 is 9.43. The van der Waals surface area contributed by atoms with Crippen LogP contribution in [0.2, 0.25) is 10.0 Å². The Morgan fingerprint density at radius 1 is 1.33 bits per heavy atom. The van der Waals surface area contributed by atoms with Crippen LogP contribution in [0.5, 0.6) is 10.9 Å². The summed E-state index contributed by atoms with van der Waals surface area (Å²) in [6, 6.07) is 5.01. The molecule has 0 unspecified atom stereocenters. The van der Waals surface area contributed by atoms with Gasteiger partial charge in [0, 0.05) is 22.6 Å². The highest BCUT2D eigenvalue weighted by Crippen LogP contribution is 2.32. The summed E-state index contributed by atoms with van der Waals surface area (Å²) in [5, 5.41) is 1.51. The Balaban J connectivity index is 2.27. The monoisotopic (exact) mass is 260 g/mol. The lowest BCUT2D eigenvalue weighted by Gasteiger charge is -2.03. The fraction of sp³-hybridized carbons (Fsp3) is 0.111. The highest BCUT2D eigenvalue weighted by molar-refractivity contribution is 7.07. The first-order valence-corrected chi connectivity index (χ1v) is 5.61. The van der Waals surface area contributed by atoms with E-state index in [1.54, 1.807) is 25.1 Å². The molecule has 0 bridgehead atoms. The zero-order valence-electron chi connectivity index (χ0n) is 7.70. The highest BCUT2D eigenvalue weighted by Gasteiger charge is 2.07. The van der Waals surface area contributed by atoms with Gasteiger partial charge in [-0.1, -0.05) is 23.2 Å². The second-order valence-corrected chi connectivity index (χ2v) is 4.34. The second kappa shape index (κ2) is 4.35. The quantitative estimate of drug-likeness (QED) is 0.821. The maximum absolute atomic E-state index is 5.93. The molecule has 0 aliphatic carbocycles. The van der Waals surface area contributed by atoms with Gasteiger partial charge in [-0.3, -0.25) is 0 Å². The Labute approximate surface area is 101 Å². The average Bonchev–Trinajstić information content (AvgIpc) is 2.58. The summed E-state index contributed by atoms with van der Waals surface area (Å²) in [7, 11) is 0. The molecule has 0 saturated heterocycles. The smallest absolute Gasteiger partial charge is 0.298 e. The topological polar surface area (TPSA) is 35.0 Å². The predicted molar refractivity (Wildman–Crippen MR) is 61.2 cm³/mol. The van der Waals surface area contributed by atoms with E-state index in [-0.39, 0.29) is 0 Å². The molecule has 0 aliphatic rings. The van der Waals surface area contributed by atoms with Crippen LogP contribution >= 0.6 is 34.7 Å². The van der Waals surface area contributed by atoms with Crippen molar-refractivity contribution in [3.05, 3.63) is 34.1 Å². The summed E-state index contributed by atoms with van der Waals surface area (Å²) in [5.74, 6) is 1.16. The van der Waals surface area contributed by atoms with Crippen molar-refractivity contribution in [3.63, 3.8) is 0 Å². The number of aromatic nitrogens is 2. The highest BCUT2D eigenvalue weighted by atomic mass is 35.5. The molecule has 0 atom stereocenters. The van der Waals surface area contributed by atoms with Gasteiger partial charge in [0.15, 0.2) is 0 Å². The number of benzene rings is 1. The number of halogens is 2. The third kappa shape index (κ3) is 2.59. The number of hydrogen-bond acceptors (Lipinski definition) is 4. The minimum absolute atomic E-state index is 0.455. The molecule has 2 rings (SSSR count). The van der Waals surface area contributed by atoms with Crippen LogP contribution in [0.3, 0.4) is 0 Å². The second-order valence-electron chi connectivity index (χ2n) is 2.78. The Morgan fingerprint density at radius 3 is 2.80 bits per heavy atom. The van der Waals surface area contributed by atoms with E-state index in [1.165, 1.54) is 11.5 Å². The molecule has 15 heavy (non-hydrogen) atoms. The lowest BCUT2D eigenvalue weighted by Crippen LogP contribution is -1.84. The molecule has 0 saturated carbocycles. The molecule has 0 radical (unpaired) electrons. The first-order valence-electron chi connectivity index (χ1n) is 4.08. The van der Waals surface area contributed by atoms with Gasteiger partial charge in [-0.05, 0) is 19.1 Å². The van der Waals surface area contributed by atoms with Gasteiger partial charge in [0.2, 0.25) is 0 Å². The molecule has 2 aromatic rings. The van der Waals surface area contributed by atoms with E-state index in [4.69, 9.17) is 27.9 Å². The third-order valence-corrected chi connectivity index (χ3v) is 2.83. The molecule has 0 spiro atoms. The molecule has 0 aliphatic heterocycles. The van der Waals surface area contributed by atoms with Crippen molar-refractivity contribution in [3.8, 4) is 10.9 Å². The van der Waals surface area contributed by atoms with Crippen molar-refractivity contribution in [2.45, 2.75) is 6.92 Å². The SMILES string of the molecule is Cc1nsc(Oc2cc(Cl)ccc2Cl)n1. The van der Waals surface area contributed by atoms with Crippen molar-refractivity contribution in [2.24, 2.45) is 0 Å². The molecule has 0 N–H and O–H groups in total. The molecule has 0 amide bonds. The fourth-order valence-electron chi connectivity index (χ4n) is 0.969. The van der Waals surface area contributed by atoms with Crippen molar-refractivity contribution in [2.75, 3.05) is 0 Å². The van der Waals surface area contributed by atoms with Crippen LogP contribution in [0.1, 0.15) is 5.82 Å². The van der Waals surface area contributed by atoms with Crippen LogP contribution in [-0.2, 0) is 0 Å². The number of aryl methyl sites for hydroxylation is 1. The van der Waals surface area contributed by atoms with E-state index in [0.717, 1.165) is 0 Å². The number of hydrogen-bond donors (Lipinski definition) is 0. The zero-order valence-corrected chi connectivity index (χ0v) is 10.0. The molecule has 6 heteroatoms. The van der Waals surface area contributed by atoms with Gasteiger partial charge in [0.25, 0.3) is 5.19 Å². The van der Waals surface area contributed by atoms with Crippen molar-refractivity contribution in [1.82, 2.24) is 9.36 Å². The van der Waals surface area contributed by atoms with Gasteiger partial charge >= 0.3 is 0 Å². The Bertz CT molecular complexity index is 487. The lowest BCUT2D eigenvalue weighted by molar-refractivity contribution is 0.478. The average molecular weight is 261 g/mol. The minimum atomic E-state index is 0.455. The first-order chi connectivity index (χ1) is 7.15. The maximum Gasteiger partial charge on any atom is 0.298 e. The van der Waals surface area contributed by atoms with Crippen molar-refractivity contribution in [1.29, 1.82) is 0 Å². The molecular formula is C9H6Cl2N2OS. The molecule has 1 aromatic carbocycles. The number of ether oxygens (including phenoxy) is 1. The van der Waals surface area contributed by atoms with Crippen molar-refractivity contribution >= 4 is 34.7 Å². The third-order valence-electron chi connectivity index (χ3n) is 1.60. The van der Waals surface area contributed by atoms with Gasteiger partial charge in [-0.15, -0.1) is 0 Å². The molecular weight excluding hydrogens is 255 g/mol. The van der Waals surface area contributed by atoms with Crippen LogP contribution in [0.4, 0.5) is 0 Å². The van der Waals surface area contributed by atoms with Crippen molar-refractivity contribution < 1.29 is 4.74 Å². The molecule has 78 valence electrons. The Morgan fingerprint density at radius 2 is 2.13 bits per heavy atom. The molecule has 1 aromatic heterocycles. The lowest BCUT2D eigenvalue weighted by atomic mass is 10.3. The van der Waals surface area contributed by atoms with E-state index in [2.05, 4.69) is 9.36 Å². The van der Waals surface area contributed by atoms with E-state index < -0.39 is 0 Å².